The van der Waals surface area contributed by atoms with Gasteiger partial charge in [-0.25, -0.2) is 0 Å². The Morgan fingerprint density at radius 3 is 1.27 bits per heavy atom. The highest BCUT2D eigenvalue weighted by molar-refractivity contribution is 7.00. The lowest BCUT2D eigenvalue weighted by Crippen LogP contribution is -2.61. The van der Waals surface area contributed by atoms with Crippen molar-refractivity contribution < 1.29 is 0 Å². The summed E-state index contributed by atoms with van der Waals surface area (Å²) >= 11 is 0. The molecule has 0 unspecified atom stereocenters. The SMILES string of the molecule is c1ccc(-c2ccc(N3c4cc(-c5ccccc5)ccc4B4c5cc(-c6ccccc6)ccc5N(c5ccccc5-c5ccccc5)c5cc(-c6ccccc6)cc3c54)cc2)cc1. The number of benzene rings is 10. The number of fused-ring (bicyclic) bond motifs is 4. The Labute approximate surface area is 369 Å². The van der Waals surface area contributed by atoms with Gasteiger partial charge in [0.2, 0.25) is 0 Å². The molecule has 0 atom stereocenters. The molecule has 0 N–H and O–H groups in total. The van der Waals surface area contributed by atoms with Crippen molar-refractivity contribution in [2.24, 2.45) is 0 Å². The lowest BCUT2D eigenvalue weighted by molar-refractivity contribution is 1.25. The third kappa shape index (κ3) is 6.37. The second-order valence-electron chi connectivity index (χ2n) is 16.5. The van der Waals surface area contributed by atoms with Gasteiger partial charge in [0.25, 0.3) is 6.71 Å². The van der Waals surface area contributed by atoms with E-state index >= 15 is 0 Å². The van der Waals surface area contributed by atoms with Crippen LogP contribution in [0.3, 0.4) is 0 Å². The van der Waals surface area contributed by atoms with Crippen molar-refractivity contribution in [3.05, 3.63) is 249 Å². The summed E-state index contributed by atoms with van der Waals surface area (Å²) in [4.78, 5) is 5.08. The topological polar surface area (TPSA) is 6.48 Å². The minimum atomic E-state index is -0.0433. The highest BCUT2D eigenvalue weighted by Crippen LogP contribution is 2.49. The van der Waals surface area contributed by atoms with Gasteiger partial charge in [-0.1, -0.05) is 206 Å². The van der Waals surface area contributed by atoms with Gasteiger partial charge >= 0.3 is 0 Å². The molecule has 2 heterocycles. The first-order valence-corrected chi connectivity index (χ1v) is 21.8. The van der Waals surface area contributed by atoms with Crippen LogP contribution >= 0.6 is 0 Å². The Hall–Kier alpha value is -8.14. The molecule has 2 aliphatic rings. The van der Waals surface area contributed by atoms with E-state index in [1.165, 1.54) is 94.8 Å². The lowest BCUT2D eigenvalue weighted by Gasteiger charge is -2.45. The van der Waals surface area contributed by atoms with Crippen molar-refractivity contribution in [1.82, 2.24) is 0 Å². The summed E-state index contributed by atoms with van der Waals surface area (Å²) in [5.41, 5.74) is 22.8. The van der Waals surface area contributed by atoms with E-state index in [0.717, 1.165) is 11.4 Å². The van der Waals surface area contributed by atoms with Gasteiger partial charge in [0.15, 0.2) is 0 Å². The quantitative estimate of drug-likeness (QED) is 0.148. The van der Waals surface area contributed by atoms with Gasteiger partial charge < -0.3 is 9.80 Å². The summed E-state index contributed by atoms with van der Waals surface area (Å²) in [5.74, 6) is 0. The largest absolute Gasteiger partial charge is 0.311 e. The molecule has 294 valence electrons. The zero-order valence-corrected chi connectivity index (χ0v) is 34.6. The minimum Gasteiger partial charge on any atom is -0.311 e. The first-order chi connectivity index (χ1) is 31.3. The van der Waals surface area contributed by atoms with Gasteiger partial charge in [0.05, 0.1) is 5.69 Å². The van der Waals surface area contributed by atoms with E-state index in [-0.39, 0.29) is 6.71 Å². The smallest absolute Gasteiger partial charge is 0.252 e. The Balaban J connectivity index is 1.18. The van der Waals surface area contributed by atoms with E-state index in [2.05, 4.69) is 259 Å². The predicted molar refractivity (Wildman–Crippen MR) is 268 cm³/mol. The predicted octanol–water partition coefficient (Wildman–Crippen LogP) is 14.1. The third-order valence-corrected chi connectivity index (χ3v) is 12.9. The van der Waals surface area contributed by atoms with Crippen LogP contribution in [0, 0.1) is 0 Å². The maximum Gasteiger partial charge on any atom is 0.252 e. The number of rotatable bonds is 7. The molecule has 0 bridgehead atoms. The van der Waals surface area contributed by atoms with Crippen LogP contribution in [0.1, 0.15) is 0 Å². The van der Waals surface area contributed by atoms with Crippen LogP contribution < -0.4 is 26.2 Å². The fourth-order valence-electron chi connectivity index (χ4n) is 9.92. The standard InChI is InChI=1S/C60H41BN2/c1-6-18-42(19-7-1)46-30-34-51(35-31-46)62-57-39-49(44-22-10-3-11-23-44)32-36-53(57)61-54-38-48(43-20-8-2-9-21-43)33-37-56(54)63(55-29-17-16-28-52(55)47-26-14-5-15-27-47)59-41-50(40-58(62)60(59)61)45-24-12-4-13-25-45/h1-41H. The van der Waals surface area contributed by atoms with E-state index in [9.17, 15) is 0 Å². The van der Waals surface area contributed by atoms with E-state index < -0.39 is 0 Å². The fraction of sp³-hybridized carbons (Fsp3) is 0. The molecular formula is C60H41BN2. The number of para-hydroxylation sites is 1. The molecule has 0 amide bonds. The molecule has 0 spiro atoms. The van der Waals surface area contributed by atoms with Crippen molar-refractivity contribution >= 4 is 57.2 Å². The molecule has 2 aliphatic heterocycles. The molecule has 2 nitrogen and oxygen atoms in total. The van der Waals surface area contributed by atoms with Crippen LogP contribution in [-0.4, -0.2) is 6.71 Å². The number of hydrogen-bond donors (Lipinski definition) is 0. The van der Waals surface area contributed by atoms with E-state index in [0.29, 0.717) is 0 Å². The van der Waals surface area contributed by atoms with Crippen LogP contribution in [0.2, 0.25) is 0 Å². The highest BCUT2D eigenvalue weighted by Gasteiger charge is 2.44. The van der Waals surface area contributed by atoms with E-state index in [4.69, 9.17) is 0 Å². The van der Waals surface area contributed by atoms with Gasteiger partial charge in [-0.15, -0.1) is 0 Å². The molecule has 0 saturated carbocycles. The van der Waals surface area contributed by atoms with Gasteiger partial charge in [0.1, 0.15) is 0 Å². The maximum atomic E-state index is 2.55. The van der Waals surface area contributed by atoms with Crippen LogP contribution in [-0.2, 0) is 0 Å². The van der Waals surface area contributed by atoms with Crippen molar-refractivity contribution in [2.75, 3.05) is 9.80 Å². The lowest BCUT2D eigenvalue weighted by atomic mass is 9.33. The Bertz CT molecular complexity index is 3260. The first kappa shape index (κ1) is 36.7. The second kappa shape index (κ2) is 15.4. The summed E-state index contributed by atoms with van der Waals surface area (Å²) in [5, 5.41) is 0. The average molecular weight is 801 g/mol. The van der Waals surface area contributed by atoms with Gasteiger partial charge in [-0.05, 0) is 109 Å². The molecule has 63 heavy (non-hydrogen) atoms. The molecular weight excluding hydrogens is 759 g/mol. The van der Waals surface area contributed by atoms with Crippen LogP contribution in [0.4, 0.5) is 34.1 Å². The van der Waals surface area contributed by atoms with Crippen LogP contribution in [0.15, 0.2) is 249 Å². The summed E-state index contributed by atoms with van der Waals surface area (Å²) in [6, 6.07) is 91.2. The fourth-order valence-corrected chi connectivity index (χ4v) is 9.92. The molecule has 0 radical (unpaired) electrons. The molecule has 12 rings (SSSR count). The second-order valence-corrected chi connectivity index (χ2v) is 16.5. The molecule has 10 aromatic carbocycles. The summed E-state index contributed by atoms with van der Waals surface area (Å²) in [6.45, 7) is -0.0433. The zero-order chi connectivity index (χ0) is 41.7. The Kier molecular flexibility index (Phi) is 8.97. The van der Waals surface area contributed by atoms with Gasteiger partial charge in [0, 0.05) is 34.0 Å². The number of hydrogen-bond acceptors (Lipinski definition) is 2. The molecule has 0 aromatic heterocycles. The molecule has 0 aliphatic carbocycles. The number of nitrogens with zero attached hydrogens (tertiary/aromatic N) is 2. The van der Waals surface area contributed by atoms with Gasteiger partial charge in [-0.3, -0.25) is 0 Å². The van der Waals surface area contributed by atoms with E-state index in [1.54, 1.807) is 0 Å². The third-order valence-electron chi connectivity index (χ3n) is 12.9. The molecule has 3 heteroatoms. The normalized spacial score (nSPS) is 12.3. The molecule has 0 saturated heterocycles. The van der Waals surface area contributed by atoms with Crippen molar-refractivity contribution in [3.8, 4) is 55.6 Å². The highest BCUT2D eigenvalue weighted by atomic mass is 15.2. The Morgan fingerprint density at radius 2 is 0.667 bits per heavy atom. The molecule has 0 fully saturated rings. The van der Waals surface area contributed by atoms with E-state index in [1.807, 2.05) is 0 Å². The summed E-state index contributed by atoms with van der Waals surface area (Å²) < 4.78 is 0. The molecule has 10 aromatic rings. The number of anilines is 6. The zero-order valence-electron chi connectivity index (χ0n) is 34.6. The van der Waals surface area contributed by atoms with Crippen LogP contribution in [0.25, 0.3) is 55.6 Å². The summed E-state index contributed by atoms with van der Waals surface area (Å²) in [6.07, 6.45) is 0. The Morgan fingerprint density at radius 1 is 0.238 bits per heavy atom. The monoisotopic (exact) mass is 800 g/mol. The van der Waals surface area contributed by atoms with Crippen LogP contribution in [0.5, 0.6) is 0 Å². The summed E-state index contributed by atoms with van der Waals surface area (Å²) in [7, 11) is 0. The first-order valence-electron chi connectivity index (χ1n) is 21.8. The van der Waals surface area contributed by atoms with Gasteiger partial charge in [-0.2, -0.15) is 0 Å². The maximum absolute atomic E-state index is 2.55. The van der Waals surface area contributed by atoms with Crippen molar-refractivity contribution in [2.45, 2.75) is 0 Å². The average Bonchev–Trinajstić information content (AvgIpc) is 3.37. The minimum absolute atomic E-state index is 0.0433. The van der Waals surface area contributed by atoms with Crippen molar-refractivity contribution in [3.63, 3.8) is 0 Å². The van der Waals surface area contributed by atoms with Crippen molar-refractivity contribution in [1.29, 1.82) is 0 Å².